The minimum Gasteiger partial charge on any atom is -0.375 e. The van der Waals surface area contributed by atoms with Crippen molar-refractivity contribution >= 4 is 39.1 Å². The first kappa shape index (κ1) is 17.3. The number of nitrogen functional groups attached to an aromatic ring is 1. The van der Waals surface area contributed by atoms with E-state index >= 15 is 0 Å². The van der Waals surface area contributed by atoms with Crippen molar-refractivity contribution in [2.75, 3.05) is 5.73 Å². The molecule has 0 saturated carbocycles. The molecule has 1 aromatic heterocycles. The molecule has 1 heterocycles. The van der Waals surface area contributed by atoms with Gasteiger partial charge in [0, 0.05) is 16.1 Å². The Morgan fingerprint density at radius 2 is 2.14 bits per heavy atom. The maximum Gasteiger partial charge on any atom is 0.180 e. The number of anilines is 1. The van der Waals surface area contributed by atoms with Crippen LogP contribution in [-0.2, 0) is 11.0 Å². The van der Waals surface area contributed by atoms with Crippen LogP contribution in [0.3, 0.4) is 0 Å². The summed E-state index contributed by atoms with van der Waals surface area (Å²) in [6, 6.07) is 3.66. The third-order valence-corrected chi connectivity index (χ3v) is 5.66. The summed E-state index contributed by atoms with van der Waals surface area (Å²) in [4.78, 5) is 4.79. The van der Waals surface area contributed by atoms with E-state index < -0.39 is 27.6 Å². The number of thiazole rings is 1. The Labute approximate surface area is 140 Å². The second-order valence-electron chi connectivity index (χ2n) is 5.70. The van der Waals surface area contributed by atoms with E-state index in [-0.39, 0.29) is 5.02 Å². The fourth-order valence-electron chi connectivity index (χ4n) is 1.73. The van der Waals surface area contributed by atoms with Gasteiger partial charge in [0.25, 0.3) is 0 Å². The Balaban J connectivity index is 2.44. The third kappa shape index (κ3) is 4.04. The highest BCUT2D eigenvalue weighted by molar-refractivity contribution is 7.84. The molecule has 2 unspecified atom stereocenters. The molecule has 4 nitrogen and oxygen atoms in total. The average Bonchev–Trinajstić information content (AvgIpc) is 2.82. The van der Waals surface area contributed by atoms with E-state index in [4.69, 9.17) is 17.3 Å². The molecule has 0 fully saturated rings. The van der Waals surface area contributed by atoms with Crippen molar-refractivity contribution in [1.82, 2.24) is 9.71 Å². The molecule has 2 atom stereocenters. The summed E-state index contributed by atoms with van der Waals surface area (Å²) in [7, 11) is -1.34. The molecular formula is C14H17ClFN3OS2. The standard InChI is InChI=1S/C14H17ClFN3OS2/c1-14(2,3)22(20)19-12(11-7-18-13(17)21-11)9-5-4-8(16)6-10(9)15/h4-7,12,19H,1-3H3,(H2,17,18). The fourth-order valence-corrected chi connectivity index (χ4v) is 3.66. The van der Waals surface area contributed by atoms with Gasteiger partial charge in [-0.25, -0.2) is 18.3 Å². The van der Waals surface area contributed by atoms with E-state index in [1.807, 2.05) is 20.8 Å². The predicted octanol–water partition coefficient (Wildman–Crippen LogP) is 3.66. The maximum atomic E-state index is 13.3. The number of rotatable bonds is 4. The van der Waals surface area contributed by atoms with Gasteiger partial charge in [0.2, 0.25) is 0 Å². The van der Waals surface area contributed by atoms with Crippen molar-refractivity contribution in [1.29, 1.82) is 0 Å². The molecule has 0 aliphatic rings. The number of nitrogens with one attached hydrogen (secondary N) is 1. The summed E-state index contributed by atoms with van der Waals surface area (Å²) in [6.45, 7) is 5.58. The molecule has 0 saturated heterocycles. The molecule has 2 rings (SSSR count). The minimum absolute atomic E-state index is 0.260. The zero-order chi connectivity index (χ0) is 16.5. The Kier molecular flexibility index (Phi) is 5.21. The first-order valence-corrected chi connectivity index (χ1v) is 8.87. The van der Waals surface area contributed by atoms with Crippen LogP contribution in [0.1, 0.15) is 37.3 Å². The highest BCUT2D eigenvalue weighted by Gasteiger charge is 2.27. The van der Waals surface area contributed by atoms with Crippen LogP contribution in [0.15, 0.2) is 24.4 Å². The van der Waals surface area contributed by atoms with Crippen LogP contribution in [-0.4, -0.2) is 13.9 Å². The SMILES string of the molecule is CC(C)(C)S(=O)NC(c1cnc(N)s1)c1ccc(F)cc1Cl. The Bertz CT molecular complexity index is 700. The highest BCUT2D eigenvalue weighted by atomic mass is 35.5. The molecule has 3 N–H and O–H groups in total. The van der Waals surface area contributed by atoms with E-state index in [1.165, 1.54) is 23.5 Å². The normalized spacial score (nSPS) is 14.8. The second-order valence-corrected chi connectivity index (χ2v) is 9.20. The molecule has 8 heteroatoms. The summed E-state index contributed by atoms with van der Waals surface area (Å²) in [6.07, 6.45) is 1.61. The van der Waals surface area contributed by atoms with E-state index in [0.717, 1.165) is 4.88 Å². The van der Waals surface area contributed by atoms with Gasteiger partial charge in [-0.15, -0.1) is 11.3 Å². The molecule has 1 aromatic carbocycles. The summed E-state index contributed by atoms with van der Waals surface area (Å²) >= 11 is 7.43. The number of benzene rings is 1. The molecule has 0 aliphatic heterocycles. The summed E-state index contributed by atoms with van der Waals surface area (Å²) < 4.78 is 28.3. The van der Waals surface area contributed by atoms with E-state index in [9.17, 15) is 8.60 Å². The zero-order valence-electron chi connectivity index (χ0n) is 12.4. The van der Waals surface area contributed by atoms with Crippen LogP contribution < -0.4 is 10.5 Å². The Morgan fingerprint density at radius 3 is 2.64 bits per heavy atom. The zero-order valence-corrected chi connectivity index (χ0v) is 14.8. The van der Waals surface area contributed by atoms with E-state index in [1.54, 1.807) is 12.3 Å². The lowest BCUT2D eigenvalue weighted by molar-refractivity contribution is 0.619. The number of nitrogens with two attached hydrogens (primary N) is 1. The number of nitrogens with zero attached hydrogens (tertiary/aromatic N) is 1. The van der Waals surface area contributed by atoms with Crippen LogP contribution in [0.4, 0.5) is 9.52 Å². The molecule has 2 aromatic rings. The Hall–Kier alpha value is -1.02. The largest absolute Gasteiger partial charge is 0.375 e. The number of aromatic nitrogens is 1. The molecule has 22 heavy (non-hydrogen) atoms. The van der Waals surface area contributed by atoms with Gasteiger partial charge in [-0.2, -0.15) is 0 Å². The van der Waals surface area contributed by atoms with Crippen molar-refractivity contribution in [3.63, 3.8) is 0 Å². The second kappa shape index (κ2) is 6.62. The van der Waals surface area contributed by atoms with Gasteiger partial charge in [-0.1, -0.05) is 17.7 Å². The van der Waals surface area contributed by atoms with Gasteiger partial charge in [-0.05, 0) is 38.5 Å². The summed E-state index contributed by atoms with van der Waals surface area (Å²) in [5.74, 6) is -0.423. The molecule has 0 radical (unpaired) electrons. The van der Waals surface area contributed by atoms with E-state index in [2.05, 4.69) is 9.71 Å². The smallest absolute Gasteiger partial charge is 0.180 e. The van der Waals surface area contributed by atoms with Crippen molar-refractivity contribution in [2.24, 2.45) is 0 Å². The van der Waals surface area contributed by atoms with Crippen LogP contribution in [0, 0.1) is 5.82 Å². The molecule has 0 spiro atoms. The van der Waals surface area contributed by atoms with Crippen LogP contribution >= 0.6 is 22.9 Å². The first-order chi connectivity index (χ1) is 10.2. The molecule has 0 aliphatic carbocycles. The van der Waals surface area contributed by atoms with Crippen LogP contribution in [0.2, 0.25) is 5.02 Å². The molecular weight excluding hydrogens is 345 g/mol. The van der Waals surface area contributed by atoms with Gasteiger partial charge >= 0.3 is 0 Å². The van der Waals surface area contributed by atoms with Gasteiger partial charge in [-0.3, -0.25) is 0 Å². The summed E-state index contributed by atoms with van der Waals surface area (Å²) in [5.41, 5.74) is 6.31. The summed E-state index contributed by atoms with van der Waals surface area (Å²) in [5, 5.41) is 0.664. The number of hydrogen-bond acceptors (Lipinski definition) is 4. The van der Waals surface area contributed by atoms with Crippen LogP contribution in [0.25, 0.3) is 0 Å². The maximum absolute atomic E-state index is 13.3. The first-order valence-electron chi connectivity index (χ1n) is 6.52. The highest BCUT2D eigenvalue weighted by Crippen LogP contribution is 2.33. The molecule has 0 amide bonds. The monoisotopic (exact) mass is 361 g/mol. The lowest BCUT2D eigenvalue weighted by Crippen LogP contribution is -2.36. The van der Waals surface area contributed by atoms with Crippen molar-refractivity contribution in [3.05, 3.63) is 45.7 Å². The van der Waals surface area contributed by atoms with Crippen LogP contribution in [0.5, 0.6) is 0 Å². The number of halogens is 2. The predicted molar refractivity (Wildman–Crippen MR) is 90.8 cm³/mol. The molecule has 120 valence electrons. The molecule has 0 bridgehead atoms. The third-order valence-electron chi connectivity index (χ3n) is 2.88. The Morgan fingerprint density at radius 1 is 1.45 bits per heavy atom. The van der Waals surface area contributed by atoms with Gasteiger partial charge < -0.3 is 5.73 Å². The van der Waals surface area contributed by atoms with Crippen molar-refractivity contribution in [2.45, 2.75) is 31.6 Å². The average molecular weight is 362 g/mol. The quantitative estimate of drug-likeness (QED) is 0.873. The number of hydrogen-bond donors (Lipinski definition) is 2. The van der Waals surface area contributed by atoms with E-state index in [0.29, 0.717) is 10.7 Å². The minimum atomic E-state index is -1.34. The lowest BCUT2D eigenvalue weighted by Gasteiger charge is -2.24. The topological polar surface area (TPSA) is 68.0 Å². The van der Waals surface area contributed by atoms with Gasteiger partial charge in [0.1, 0.15) is 5.82 Å². The van der Waals surface area contributed by atoms with Gasteiger partial charge in [0.05, 0.1) is 21.8 Å². The van der Waals surface area contributed by atoms with Crippen molar-refractivity contribution in [3.8, 4) is 0 Å². The van der Waals surface area contributed by atoms with Crippen molar-refractivity contribution < 1.29 is 8.60 Å². The van der Waals surface area contributed by atoms with Gasteiger partial charge in [0.15, 0.2) is 5.13 Å². The fraction of sp³-hybridized carbons (Fsp3) is 0.357. The lowest BCUT2D eigenvalue weighted by atomic mass is 10.1.